The van der Waals surface area contributed by atoms with E-state index in [9.17, 15) is 4.79 Å². The predicted octanol–water partition coefficient (Wildman–Crippen LogP) is 2.70. The minimum absolute atomic E-state index is 0. The van der Waals surface area contributed by atoms with Crippen molar-refractivity contribution in [1.29, 1.82) is 0 Å². The Labute approximate surface area is 173 Å². The zero-order valence-corrected chi connectivity index (χ0v) is 18.5. The Hall–Kier alpha value is -0.180. The maximum atomic E-state index is 12.1. The zero-order chi connectivity index (χ0) is 16.8. The van der Waals surface area contributed by atoms with Crippen molar-refractivity contribution in [2.24, 2.45) is 16.8 Å². The molecule has 2 aliphatic heterocycles. The monoisotopic (exact) mass is 480 g/mol. The van der Waals surface area contributed by atoms with Crippen LogP contribution in [0.1, 0.15) is 45.4 Å². The Morgan fingerprint density at radius 1 is 1.12 bits per heavy atom. The highest BCUT2D eigenvalue weighted by molar-refractivity contribution is 14.0. The molecule has 1 saturated carbocycles. The molecule has 2 saturated heterocycles. The van der Waals surface area contributed by atoms with Gasteiger partial charge in [0.25, 0.3) is 0 Å². The number of piperidine rings is 1. The van der Waals surface area contributed by atoms with Crippen LogP contribution in [0.25, 0.3) is 0 Å². The Morgan fingerprint density at radius 2 is 1.80 bits per heavy atom. The van der Waals surface area contributed by atoms with Crippen molar-refractivity contribution >= 4 is 47.6 Å². The molecule has 0 radical (unpaired) electrons. The molecule has 1 amide bonds. The van der Waals surface area contributed by atoms with Crippen molar-refractivity contribution in [3.8, 4) is 0 Å². The number of hydrogen-bond donors (Lipinski definition) is 2. The van der Waals surface area contributed by atoms with E-state index in [2.05, 4.69) is 34.2 Å². The number of amides is 1. The summed E-state index contributed by atoms with van der Waals surface area (Å²) in [5.74, 6) is 5.03. The van der Waals surface area contributed by atoms with Crippen molar-refractivity contribution in [3.05, 3.63) is 0 Å². The summed E-state index contributed by atoms with van der Waals surface area (Å²) in [4.78, 5) is 19.0. The van der Waals surface area contributed by atoms with Gasteiger partial charge in [0.05, 0.1) is 0 Å². The quantitative estimate of drug-likeness (QED) is 0.361. The van der Waals surface area contributed by atoms with Gasteiger partial charge in [0.15, 0.2) is 5.96 Å². The summed E-state index contributed by atoms with van der Waals surface area (Å²) in [5.41, 5.74) is 0. The molecule has 3 aliphatic rings. The summed E-state index contributed by atoms with van der Waals surface area (Å²) >= 11 is 2.07. The number of aliphatic imine (C=N–C) groups is 1. The summed E-state index contributed by atoms with van der Waals surface area (Å²) in [5, 5.41) is 6.98. The summed E-state index contributed by atoms with van der Waals surface area (Å²) < 4.78 is 0. The van der Waals surface area contributed by atoms with E-state index in [0.29, 0.717) is 17.9 Å². The minimum atomic E-state index is 0. The van der Waals surface area contributed by atoms with Gasteiger partial charge in [-0.05, 0) is 62.9 Å². The van der Waals surface area contributed by atoms with Gasteiger partial charge in [0.2, 0.25) is 5.91 Å². The lowest BCUT2D eigenvalue weighted by molar-refractivity contribution is -0.133. The second-order valence-corrected chi connectivity index (χ2v) is 8.52. The molecule has 0 aromatic carbocycles. The first-order chi connectivity index (χ1) is 11.8. The molecule has 144 valence electrons. The normalized spacial score (nSPS) is 23.1. The minimum Gasteiger partial charge on any atom is -0.357 e. The number of carbonyl (C=O) groups excluding carboxylic acids is 1. The number of rotatable bonds is 5. The number of thioether (sulfide) groups is 1. The van der Waals surface area contributed by atoms with Crippen molar-refractivity contribution < 1.29 is 4.79 Å². The van der Waals surface area contributed by atoms with E-state index in [1.54, 1.807) is 0 Å². The lowest BCUT2D eigenvalue weighted by atomic mass is 10.0. The summed E-state index contributed by atoms with van der Waals surface area (Å²) in [6, 6.07) is 0.438. The third-order valence-electron chi connectivity index (χ3n) is 5.27. The molecule has 25 heavy (non-hydrogen) atoms. The highest BCUT2D eigenvalue weighted by Crippen LogP contribution is 2.31. The third kappa shape index (κ3) is 6.81. The van der Waals surface area contributed by atoms with Crippen LogP contribution >= 0.6 is 35.7 Å². The molecule has 0 atom stereocenters. The van der Waals surface area contributed by atoms with E-state index in [1.807, 2.05) is 0 Å². The lowest BCUT2D eigenvalue weighted by Crippen LogP contribution is -2.50. The zero-order valence-electron chi connectivity index (χ0n) is 15.3. The van der Waals surface area contributed by atoms with Gasteiger partial charge in [0, 0.05) is 38.1 Å². The molecule has 3 rings (SSSR count). The van der Waals surface area contributed by atoms with Gasteiger partial charge < -0.3 is 15.5 Å². The van der Waals surface area contributed by atoms with Gasteiger partial charge in [0.1, 0.15) is 0 Å². The van der Waals surface area contributed by atoms with Gasteiger partial charge in [-0.2, -0.15) is 11.8 Å². The average molecular weight is 480 g/mol. The van der Waals surface area contributed by atoms with E-state index >= 15 is 0 Å². The summed E-state index contributed by atoms with van der Waals surface area (Å²) in [6.45, 7) is 5.74. The molecule has 0 bridgehead atoms. The van der Waals surface area contributed by atoms with Crippen LogP contribution in [0.15, 0.2) is 4.99 Å². The van der Waals surface area contributed by atoms with Crippen LogP contribution < -0.4 is 10.6 Å². The molecule has 0 spiro atoms. The highest BCUT2D eigenvalue weighted by Gasteiger charge is 2.34. The number of nitrogens with zero attached hydrogens (tertiary/aromatic N) is 2. The molecule has 5 nitrogen and oxygen atoms in total. The topological polar surface area (TPSA) is 56.7 Å². The SMILES string of the molecule is CCNC(=NCC1CCSCC1)NC1CCN(C(=O)C2CC2)CC1.I. The number of nitrogens with one attached hydrogen (secondary N) is 2. The number of likely N-dealkylation sites (tertiary alicyclic amines) is 1. The van der Waals surface area contributed by atoms with Gasteiger partial charge >= 0.3 is 0 Å². The molecule has 0 aromatic heterocycles. The fraction of sp³-hybridized carbons (Fsp3) is 0.889. The summed E-state index contributed by atoms with van der Waals surface area (Å²) in [6.07, 6.45) is 6.87. The standard InChI is InChI=1S/C18H32N4OS.HI/c1-2-19-18(20-13-14-7-11-24-12-8-14)21-16-5-9-22(10-6-16)17(23)15-3-4-15;/h14-16H,2-13H2,1H3,(H2,19,20,21);1H. The van der Waals surface area contributed by atoms with E-state index in [-0.39, 0.29) is 24.0 Å². The van der Waals surface area contributed by atoms with E-state index in [4.69, 9.17) is 4.99 Å². The third-order valence-corrected chi connectivity index (χ3v) is 6.32. The summed E-state index contributed by atoms with van der Waals surface area (Å²) in [7, 11) is 0. The Balaban J connectivity index is 0.00000225. The molecular weight excluding hydrogens is 447 g/mol. The molecule has 0 aromatic rings. The number of guanidine groups is 1. The fourth-order valence-electron chi connectivity index (χ4n) is 3.50. The van der Waals surface area contributed by atoms with Crippen molar-refractivity contribution in [2.45, 2.75) is 51.5 Å². The van der Waals surface area contributed by atoms with Gasteiger partial charge in [-0.25, -0.2) is 0 Å². The number of halogens is 1. The Kier molecular flexibility index (Phi) is 9.16. The molecule has 2 N–H and O–H groups in total. The van der Waals surface area contributed by atoms with Crippen LogP contribution in [0.5, 0.6) is 0 Å². The van der Waals surface area contributed by atoms with Crippen LogP contribution in [-0.4, -0.2) is 60.5 Å². The smallest absolute Gasteiger partial charge is 0.225 e. The van der Waals surface area contributed by atoms with Crippen LogP contribution in [0.3, 0.4) is 0 Å². The van der Waals surface area contributed by atoms with Crippen LogP contribution in [0, 0.1) is 11.8 Å². The van der Waals surface area contributed by atoms with Crippen LogP contribution in [-0.2, 0) is 4.79 Å². The van der Waals surface area contributed by atoms with Crippen LogP contribution in [0.4, 0.5) is 0 Å². The van der Waals surface area contributed by atoms with E-state index in [1.165, 1.54) is 24.3 Å². The lowest BCUT2D eigenvalue weighted by Gasteiger charge is -2.33. The second-order valence-electron chi connectivity index (χ2n) is 7.29. The van der Waals surface area contributed by atoms with Crippen LogP contribution in [0.2, 0.25) is 0 Å². The molecule has 1 aliphatic carbocycles. The van der Waals surface area contributed by atoms with E-state index in [0.717, 1.165) is 63.7 Å². The molecular formula is C18H33IN4OS. The number of hydrogen-bond acceptors (Lipinski definition) is 3. The molecule has 3 fully saturated rings. The molecule has 2 heterocycles. The molecule has 0 unspecified atom stereocenters. The van der Waals surface area contributed by atoms with Crippen molar-refractivity contribution in [1.82, 2.24) is 15.5 Å². The first kappa shape index (κ1) is 21.1. The first-order valence-electron chi connectivity index (χ1n) is 9.67. The molecule has 7 heteroatoms. The predicted molar refractivity (Wildman–Crippen MR) is 117 cm³/mol. The first-order valence-corrected chi connectivity index (χ1v) is 10.8. The Bertz CT molecular complexity index is 444. The average Bonchev–Trinajstić information content (AvgIpc) is 3.46. The maximum absolute atomic E-state index is 12.1. The number of carbonyl (C=O) groups is 1. The Morgan fingerprint density at radius 3 is 2.40 bits per heavy atom. The van der Waals surface area contributed by atoms with Crippen molar-refractivity contribution in [2.75, 3.05) is 37.7 Å². The maximum Gasteiger partial charge on any atom is 0.225 e. The fourth-order valence-corrected chi connectivity index (χ4v) is 4.70. The largest absolute Gasteiger partial charge is 0.357 e. The van der Waals surface area contributed by atoms with Gasteiger partial charge in [-0.15, -0.1) is 24.0 Å². The van der Waals surface area contributed by atoms with Gasteiger partial charge in [-0.3, -0.25) is 9.79 Å². The second kappa shape index (κ2) is 10.8. The highest BCUT2D eigenvalue weighted by atomic mass is 127. The van der Waals surface area contributed by atoms with Gasteiger partial charge in [-0.1, -0.05) is 0 Å². The van der Waals surface area contributed by atoms with Crippen molar-refractivity contribution in [3.63, 3.8) is 0 Å². The van der Waals surface area contributed by atoms with E-state index < -0.39 is 0 Å².